The van der Waals surface area contributed by atoms with Crippen LogP contribution in [0.5, 0.6) is 0 Å². The van der Waals surface area contributed by atoms with Crippen molar-refractivity contribution in [2.75, 3.05) is 25.0 Å². The Hall–Kier alpha value is -3.11. The number of aromatic nitrogens is 1. The molecule has 1 aliphatic heterocycles. The molecular formula is C25H31N5O2. The van der Waals surface area contributed by atoms with Crippen LogP contribution >= 0.6 is 0 Å². The first kappa shape index (κ1) is 22.1. The molecule has 2 amide bonds. The molecule has 168 valence electrons. The van der Waals surface area contributed by atoms with Crippen LogP contribution in [0.15, 0.2) is 30.3 Å². The second-order valence-corrected chi connectivity index (χ2v) is 8.94. The summed E-state index contributed by atoms with van der Waals surface area (Å²) in [4.78, 5) is 26.3. The van der Waals surface area contributed by atoms with E-state index in [1.54, 1.807) is 0 Å². The van der Waals surface area contributed by atoms with E-state index in [2.05, 4.69) is 20.9 Å². The van der Waals surface area contributed by atoms with Gasteiger partial charge in [0.2, 0.25) is 11.8 Å². The topological polar surface area (TPSA) is 104 Å². The third kappa shape index (κ3) is 4.86. The lowest BCUT2D eigenvalue weighted by atomic mass is 9.93. The summed E-state index contributed by atoms with van der Waals surface area (Å²) in [5.74, 6) is 0.607. The minimum Gasteiger partial charge on any atom is -0.370 e. The molecule has 32 heavy (non-hydrogen) atoms. The number of primary amides is 1. The average molecular weight is 434 g/mol. The third-order valence-corrected chi connectivity index (χ3v) is 6.62. The zero-order valence-electron chi connectivity index (χ0n) is 18.5. The number of nitrogens with two attached hydrogens (primary N) is 1. The highest BCUT2D eigenvalue weighted by Gasteiger charge is 2.28. The summed E-state index contributed by atoms with van der Waals surface area (Å²) in [6.07, 6.45) is 7.17. The number of nitrogens with one attached hydrogen (secondary N) is 1. The number of nitrogens with zero attached hydrogens (tertiary/aromatic N) is 3. The van der Waals surface area contributed by atoms with Gasteiger partial charge in [0.05, 0.1) is 12.1 Å². The predicted octanol–water partition coefficient (Wildman–Crippen LogP) is 3.14. The van der Waals surface area contributed by atoms with Gasteiger partial charge in [-0.25, -0.2) is 0 Å². The van der Waals surface area contributed by atoms with Crippen LogP contribution in [0, 0.1) is 17.2 Å². The molecule has 1 atom stereocenters. The average Bonchev–Trinajstić information content (AvgIpc) is 3.11. The number of benzene rings is 1. The number of carbonyl (C=O) groups excluding carboxylic acids is 2. The smallest absolute Gasteiger partial charge is 0.239 e. The van der Waals surface area contributed by atoms with Gasteiger partial charge < -0.3 is 11.1 Å². The zero-order chi connectivity index (χ0) is 22.5. The number of likely N-dealkylation sites (tertiary alicyclic amines) is 1. The number of fused-ring (bicyclic) bond motifs is 1. The van der Waals surface area contributed by atoms with E-state index < -0.39 is 0 Å². The van der Waals surface area contributed by atoms with Crippen LogP contribution in [0.1, 0.15) is 55.3 Å². The van der Waals surface area contributed by atoms with Crippen molar-refractivity contribution in [3.8, 4) is 11.8 Å². The minimum atomic E-state index is -0.269. The standard InChI is InChI=1S/C25H31N5O2/c26-15-21-20-10-4-5-11-22(20)30(19-8-2-1-3-9-19)25(21)28-24(32)17-29-14-6-7-18(16-29)12-13-23(27)31/h1-3,8-9,18H,4-7,10-14,16-17H2,(H2,27,31)(H,28,32). The summed E-state index contributed by atoms with van der Waals surface area (Å²) in [5.41, 5.74) is 9.06. The number of hydrogen-bond donors (Lipinski definition) is 2. The molecule has 0 bridgehead atoms. The SMILES string of the molecule is N#Cc1c2c(n(-c3ccccc3)c1NC(=O)CN1CCCC(CCC(N)=O)C1)CCCC2. The quantitative estimate of drug-likeness (QED) is 0.700. The van der Waals surface area contributed by atoms with Crippen LogP contribution in [-0.4, -0.2) is 40.9 Å². The van der Waals surface area contributed by atoms with Crippen molar-refractivity contribution in [3.05, 3.63) is 47.2 Å². The summed E-state index contributed by atoms with van der Waals surface area (Å²) in [5, 5.41) is 13.0. The van der Waals surface area contributed by atoms with E-state index in [0.29, 0.717) is 23.7 Å². The highest BCUT2D eigenvalue weighted by Crippen LogP contribution is 2.35. The maximum atomic E-state index is 13.1. The molecular weight excluding hydrogens is 402 g/mol. The molecule has 4 rings (SSSR count). The Morgan fingerprint density at radius 2 is 1.94 bits per heavy atom. The Bertz CT molecular complexity index is 1020. The van der Waals surface area contributed by atoms with Crippen LogP contribution in [0.2, 0.25) is 0 Å². The lowest BCUT2D eigenvalue weighted by molar-refractivity contribution is -0.119. The Morgan fingerprint density at radius 3 is 2.69 bits per heavy atom. The van der Waals surface area contributed by atoms with Gasteiger partial charge in [0.1, 0.15) is 11.9 Å². The van der Waals surface area contributed by atoms with Gasteiger partial charge in [-0.05, 0) is 75.1 Å². The van der Waals surface area contributed by atoms with E-state index in [9.17, 15) is 14.9 Å². The number of anilines is 1. The first-order chi connectivity index (χ1) is 15.6. The first-order valence-electron chi connectivity index (χ1n) is 11.6. The summed E-state index contributed by atoms with van der Waals surface area (Å²) >= 11 is 0. The van der Waals surface area contributed by atoms with E-state index in [1.807, 2.05) is 30.3 Å². The second-order valence-electron chi connectivity index (χ2n) is 8.94. The summed E-state index contributed by atoms with van der Waals surface area (Å²) in [6, 6.07) is 12.3. The van der Waals surface area contributed by atoms with Gasteiger partial charge in [0.15, 0.2) is 0 Å². The number of piperidine rings is 1. The lowest BCUT2D eigenvalue weighted by Crippen LogP contribution is -2.41. The molecule has 0 radical (unpaired) electrons. The molecule has 1 saturated heterocycles. The van der Waals surface area contributed by atoms with Gasteiger partial charge in [-0.1, -0.05) is 18.2 Å². The number of hydrogen-bond acceptors (Lipinski definition) is 4. The van der Waals surface area contributed by atoms with Crippen molar-refractivity contribution < 1.29 is 9.59 Å². The molecule has 1 fully saturated rings. The predicted molar refractivity (Wildman–Crippen MR) is 123 cm³/mol. The monoisotopic (exact) mass is 433 g/mol. The maximum Gasteiger partial charge on any atom is 0.239 e. The van der Waals surface area contributed by atoms with Crippen LogP contribution in [0.4, 0.5) is 5.82 Å². The molecule has 2 aromatic rings. The molecule has 1 aromatic carbocycles. The number of amides is 2. The highest BCUT2D eigenvalue weighted by molar-refractivity contribution is 5.93. The second kappa shape index (κ2) is 10.0. The van der Waals surface area contributed by atoms with Crippen molar-refractivity contribution in [1.29, 1.82) is 5.26 Å². The largest absolute Gasteiger partial charge is 0.370 e. The van der Waals surface area contributed by atoms with Gasteiger partial charge in [-0.2, -0.15) is 5.26 Å². The van der Waals surface area contributed by atoms with E-state index in [-0.39, 0.29) is 18.4 Å². The Morgan fingerprint density at radius 1 is 1.16 bits per heavy atom. The molecule has 2 aliphatic rings. The van der Waals surface area contributed by atoms with Crippen LogP contribution in [0.25, 0.3) is 5.69 Å². The van der Waals surface area contributed by atoms with Crippen molar-refractivity contribution >= 4 is 17.6 Å². The fraction of sp³-hybridized carbons (Fsp3) is 0.480. The van der Waals surface area contributed by atoms with Crippen LogP contribution in [0.3, 0.4) is 0 Å². The maximum absolute atomic E-state index is 13.1. The molecule has 1 aliphatic carbocycles. The van der Waals surface area contributed by atoms with Crippen LogP contribution < -0.4 is 11.1 Å². The van der Waals surface area contributed by atoms with Crippen LogP contribution in [-0.2, 0) is 22.4 Å². The Labute approximate surface area is 189 Å². The molecule has 0 saturated carbocycles. The zero-order valence-corrected chi connectivity index (χ0v) is 18.5. The number of rotatable bonds is 7. The van der Waals surface area contributed by atoms with Gasteiger partial charge in [-0.15, -0.1) is 0 Å². The molecule has 3 N–H and O–H groups in total. The Balaban J connectivity index is 1.54. The first-order valence-corrected chi connectivity index (χ1v) is 11.6. The van der Waals surface area contributed by atoms with E-state index in [1.165, 1.54) is 0 Å². The van der Waals surface area contributed by atoms with Gasteiger partial charge in [-0.3, -0.25) is 19.1 Å². The Kier molecular flexibility index (Phi) is 6.91. The molecule has 0 spiro atoms. The van der Waals surface area contributed by atoms with Gasteiger partial charge in [0, 0.05) is 24.3 Å². The summed E-state index contributed by atoms with van der Waals surface area (Å²) < 4.78 is 2.07. The third-order valence-electron chi connectivity index (χ3n) is 6.62. The van der Waals surface area contributed by atoms with E-state index in [0.717, 1.165) is 75.0 Å². The number of carbonyl (C=O) groups is 2. The van der Waals surface area contributed by atoms with Crippen molar-refractivity contribution in [2.24, 2.45) is 11.7 Å². The minimum absolute atomic E-state index is 0.107. The normalized spacial score (nSPS) is 18.5. The fourth-order valence-corrected chi connectivity index (χ4v) is 5.15. The van der Waals surface area contributed by atoms with E-state index >= 15 is 0 Å². The van der Waals surface area contributed by atoms with Gasteiger partial charge in [0.25, 0.3) is 0 Å². The van der Waals surface area contributed by atoms with Crippen molar-refractivity contribution in [2.45, 2.75) is 51.4 Å². The van der Waals surface area contributed by atoms with Gasteiger partial charge >= 0.3 is 0 Å². The van der Waals surface area contributed by atoms with Crippen molar-refractivity contribution in [3.63, 3.8) is 0 Å². The molecule has 7 heteroatoms. The summed E-state index contributed by atoms with van der Waals surface area (Å²) in [6.45, 7) is 1.94. The lowest BCUT2D eigenvalue weighted by Gasteiger charge is -2.32. The van der Waals surface area contributed by atoms with Crippen molar-refractivity contribution in [1.82, 2.24) is 9.47 Å². The molecule has 1 unspecified atom stereocenters. The summed E-state index contributed by atoms with van der Waals surface area (Å²) in [7, 11) is 0. The number of para-hydroxylation sites is 1. The molecule has 7 nitrogen and oxygen atoms in total. The van der Waals surface area contributed by atoms with E-state index in [4.69, 9.17) is 5.73 Å². The molecule has 1 aromatic heterocycles. The fourth-order valence-electron chi connectivity index (χ4n) is 5.15. The highest BCUT2D eigenvalue weighted by atomic mass is 16.2. The number of nitriles is 1. The molecule has 2 heterocycles.